The van der Waals surface area contributed by atoms with Gasteiger partial charge in [-0.2, -0.15) is 4.37 Å². The van der Waals surface area contributed by atoms with E-state index in [2.05, 4.69) is 9.69 Å². The van der Waals surface area contributed by atoms with Crippen LogP contribution in [0.25, 0.3) is 0 Å². The van der Waals surface area contributed by atoms with E-state index in [1.165, 1.54) is 4.90 Å². The number of nitrogens with one attached hydrogen (secondary N) is 1. The molecule has 9 nitrogen and oxygen atoms in total. The number of anilines is 1. The standard InChI is InChI=1S/C19H31N5O4S/c1-5-7-12(17(26)22-19(2,3)4)24(10-11-8-6-9-28-11)18(27)15-13(20)14(16(21)25)23-29-15/h11-12H,5-10,20H2,1-4H3,(H2,21,25)(H,22,26)/t11-,12+/m1/s1. The van der Waals surface area contributed by atoms with Gasteiger partial charge in [0.15, 0.2) is 5.69 Å². The van der Waals surface area contributed by atoms with Crippen molar-refractivity contribution >= 4 is 34.9 Å². The van der Waals surface area contributed by atoms with Gasteiger partial charge < -0.3 is 26.4 Å². The summed E-state index contributed by atoms with van der Waals surface area (Å²) >= 11 is 0.820. The highest BCUT2D eigenvalue weighted by atomic mass is 32.1. The molecule has 0 aliphatic carbocycles. The zero-order chi connectivity index (χ0) is 21.8. The third kappa shape index (κ3) is 5.89. The first-order valence-electron chi connectivity index (χ1n) is 9.84. The Morgan fingerprint density at radius 1 is 1.38 bits per heavy atom. The lowest BCUT2D eigenvalue weighted by Crippen LogP contribution is -2.55. The number of amides is 3. The molecule has 1 aliphatic heterocycles. The average Bonchev–Trinajstić information content (AvgIpc) is 3.25. The Hall–Kier alpha value is -2.20. The molecular weight excluding hydrogens is 394 g/mol. The van der Waals surface area contributed by atoms with E-state index >= 15 is 0 Å². The summed E-state index contributed by atoms with van der Waals surface area (Å²) in [5, 5.41) is 2.96. The fraction of sp³-hybridized carbons (Fsp3) is 0.684. The molecule has 29 heavy (non-hydrogen) atoms. The lowest BCUT2D eigenvalue weighted by molar-refractivity contribution is -0.127. The predicted octanol–water partition coefficient (Wildman–Crippen LogP) is 1.53. The number of nitrogen functional groups attached to an aromatic ring is 1. The molecule has 1 aromatic rings. The largest absolute Gasteiger partial charge is 0.395 e. The van der Waals surface area contributed by atoms with Crippen molar-refractivity contribution in [2.45, 2.75) is 71.1 Å². The Bertz CT molecular complexity index is 752. The summed E-state index contributed by atoms with van der Waals surface area (Å²) < 4.78 is 9.63. The summed E-state index contributed by atoms with van der Waals surface area (Å²) in [5.41, 5.74) is 10.6. The second-order valence-corrected chi connectivity index (χ2v) is 9.05. The lowest BCUT2D eigenvalue weighted by Gasteiger charge is -2.34. The normalized spacial score (nSPS) is 17.7. The second kappa shape index (κ2) is 9.53. The number of rotatable bonds is 8. The highest BCUT2D eigenvalue weighted by Gasteiger charge is 2.36. The molecule has 0 radical (unpaired) electrons. The summed E-state index contributed by atoms with van der Waals surface area (Å²) in [4.78, 5) is 39.5. The van der Waals surface area contributed by atoms with Gasteiger partial charge in [0.25, 0.3) is 11.8 Å². The first-order chi connectivity index (χ1) is 13.5. The molecule has 5 N–H and O–H groups in total. The first kappa shape index (κ1) is 23.1. The molecule has 1 fully saturated rings. The SMILES string of the molecule is CCC[C@@H](C(=O)NC(C)(C)C)N(C[C@H]1CCCO1)C(=O)c1snc(C(N)=O)c1N. The molecule has 162 valence electrons. The smallest absolute Gasteiger partial charge is 0.270 e. The van der Waals surface area contributed by atoms with Gasteiger partial charge in [-0.25, -0.2) is 0 Å². The van der Waals surface area contributed by atoms with E-state index in [9.17, 15) is 14.4 Å². The van der Waals surface area contributed by atoms with Crippen LogP contribution in [0.15, 0.2) is 0 Å². The molecule has 2 heterocycles. The van der Waals surface area contributed by atoms with Gasteiger partial charge in [-0.15, -0.1) is 0 Å². The minimum absolute atomic E-state index is 0.0451. The molecule has 2 atom stereocenters. The summed E-state index contributed by atoms with van der Waals surface area (Å²) in [6, 6.07) is -0.686. The highest BCUT2D eigenvalue weighted by molar-refractivity contribution is 7.09. The number of ether oxygens (including phenoxy) is 1. The van der Waals surface area contributed by atoms with Crippen LogP contribution in [0.3, 0.4) is 0 Å². The molecule has 10 heteroatoms. The van der Waals surface area contributed by atoms with E-state index in [1.807, 2.05) is 27.7 Å². The predicted molar refractivity (Wildman–Crippen MR) is 112 cm³/mol. The van der Waals surface area contributed by atoms with Gasteiger partial charge in [0.2, 0.25) is 5.91 Å². The monoisotopic (exact) mass is 425 g/mol. The molecule has 0 saturated carbocycles. The van der Waals surface area contributed by atoms with Crippen LogP contribution >= 0.6 is 11.5 Å². The maximum Gasteiger partial charge on any atom is 0.270 e. The number of nitrogens with zero attached hydrogens (tertiary/aromatic N) is 2. The molecule has 2 rings (SSSR count). The average molecular weight is 426 g/mol. The number of carbonyl (C=O) groups excluding carboxylic acids is 3. The van der Waals surface area contributed by atoms with Crippen LogP contribution < -0.4 is 16.8 Å². The molecule has 0 unspecified atom stereocenters. The van der Waals surface area contributed by atoms with Crippen LogP contribution in [-0.4, -0.2) is 57.8 Å². The van der Waals surface area contributed by atoms with E-state index in [0.717, 1.165) is 24.4 Å². The van der Waals surface area contributed by atoms with Crippen LogP contribution in [0.4, 0.5) is 5.69 Å². The first-order valence-corrected chi connectivity index (χ1v) is 10.6. The van der Waals surface area contributed by atoms with Crippen molar-refractivity contribution in [2.24, 2.45) is 5.73 Å². The van der Waals surface area contributed by atoms with Gasteiger partial charge in [0.1, 0.15) is 10.9 Å². The zero-order valence-corrected chi connectivity index (χ0v) is 18.3. The molecule has 3 amide bonds. The topological polar surface area (TPSA) is 141 Å². The van der Waals surface area contributed by atoms with E-state index < -0.39 is 23.4 Å². The van der Waals surface area contributed by atoms with Gasteiger partial charge in [0.05, 0.1) is 11.8 Å². The van der Waals surface area contributed by atoms with Gasteiger partial charge in [-0.05, 0) is 51.6 Å². The number of primary amides is 1. The van der Waals surface area contributed by atoms with E-state index in [0.29, 0.717) is 19.4 Å². The summed E-state index contributed by atoms with van der Waals surface area (Å²) in [6.45, 7) is 8.53. The minimum atomic E-state index is -0.793. The summed E-state index contributed by atoms with van der Waals surface area (Å²) in [5.74, 6) is -1.46. The number of hydrogen-bond donors (Lipinski definition) is 3. The zero-order valence-electron chi connectivity index (χ0n) is 17.5. The van der Waals surface area contributed by atoms with Crippen molar-refractivity contribution in [3.63, 3.8) is 0 Å². The Balaban J connectivity index is 2.39. The van der Waals surface area contributed by atoms with Crippen molar-refractivity contribution in [1.29, 1.82) is 0 Å². The maximum absolute atomic E-state index is 13.4. The van der Waals surface area contributed by atoms with Gasteiger partial charge in [-0.1, -0.05) is 13.3 Å². The molecule has 0 bridgehead atoms. The van der Waals surface area contributed by atoms with Crippen LogP contribution in [0.2, 0.25) is 0 Å². The van der Waals surface area contributed by atoms with E-state index in [4.69, 9.17) is 16.2 Å². The highest BCUT2D eigenvalue weighted by Crippen LogP contribution is 2.26. The Morgan fingerprint density at radius 3 is 2.55 bits per heavy atom. The minimum Gasteiger partial charge on any atom is -0.395 e. The molecule has 1 saturated heterocycles. The number of nitrogens with two attached hydrogens (primary N) is 2. The molecule has 0 aromatic carbocycles. The van der Waals surface area contributed by atoms with Crippen molar-refractivity contribution in [1.82, 2.24) is 14.6 Å². The van der Waals surface area contributed by atoms with Crippen LogP contribution in [0, 0.1) is 0 Å². The Labute approximate surface area is 175 Å². The van der Waals surface area contributed by atoms with Gasteiger partial charge >= 0.3 is 0 Å². The quantitative estimate of drug-likeness (QED) is 0.577. The third-order valence-electron chi connectivity index (χ3n) is 4.58. The van der Waals surface area contributed by atoms with Crippen molar-refractivity contribution in [2.75, 3.05) is 18.9 Å². The van der Waals surface area contributed by atoms with Gasteiger partial charge in [-0.3, -0.25) is 14.4 Å². The summed E-state index contributed by atoms with van der Waals surface area (Å²) in [6.07, 6.45) is 2.78. The van der Waals surface area contributed by atoms with Crippen LogP contribution in [-0.2, 0) is 9.53 Å². The van der Waals surface area contributed by atoms with Crippen molar-refractivity contribution < 1.29 is 19.1 Å². The summed E-state index contributed by atoms with van der Waals surface area (Å²) in [7, 11) is 0. The fourth-order valence-corrected chi connectivity index (χ4v) is 4.04. The number of carbonyl (C=O) groups is 3. The second-order valence-electron chi connectivity index (χ2n) is 8.27. The van der Waals surface area contributed by atoms with Crippen LogP contribution in [0.1, 0.15) is 73.5 Å². The number of hydrogen-bond acceptors (Lipinski definition) is 7. The molecule has 0 spiro atoms. The van der Waals surface area contributed by atoms with Gasteiger partial charge in [0, 0.05) is 18.7 Å². The maximum atomic E-state index is 13.4. The van der Waals surface area contributed by atoms with Crippen molar-refractivity contribution in [3.05, 3.63) is 10.6 Å². The molecule has 1 aromatic heterocycles. The lowest BCUT2D eigenvalue weighted by atomic mass is 10.0. The van der Waals surface area contributed by atoms with E-state index in [-0.39, 0.29) is 34.8 Å². The third-order valence-corrected chi connectivity index (χ3v) is 5.43. The Morgan fingerprint density at radius 2 is 2.07 bits per heavy atom. The molecular formula is C19H31N5O4S. The Kier molecular flexibility index (Phi) is 7.59. The van der Waals surface area contributed by atoms with Crippen molar-refractivity contribution in [3.8, 4) is 0 Å². The van der Waals surface area contributed by atoms with Crippen LogP contribution in [0.5, 0.6) is 0 Å². The fourth-order valence-electron chi connectivity index (χ4n) is 3.27. The van der Waals surface area contributed by atoms with E-state index in [1.54, 1.807) is 0 Å². The number of aromatic nitrogens is 1. The molecule has 1 aliphatic rings.